The van der Waals surface area contributed by atoms with Crippen LogP contribution < -0.4 is 0 Å². The summed E-state index contributed by atoms with van der Waals surface area (Å²) in [6.45, 7) is 3.94. The quantitative estimate of drug-likeness (QED) is 0.658. The van der Waals surface area contributed by atoms with E-state index in [9.17, 15) is 9.90 Å². The van der Waals surface area contributed by atoms with E-state index >= 15 is 0 Å². The average Bonchev–Trinajstić information content (AvgIpc) is 2.91. The zero-order valence-corrected chi connectivity index (χ0v) is 10.6. The first-order valence-corrected chi connectivity index (χ1v) is 5.94. The number of carboxylic acids is 1. The predicted molar refractivity (Wildman–Crippen MR) is 72.3 cm³/mol. The summed E-state index contributed by atoms with van der Waals surface area (Å²) in [7, 11) is 0. The lowest BCUT2D eigenvalue weighted by atomic mass is 10.0. The molecule has 3 rings (SSSR count). The van der Waals surface area contributed by atoms with Gasteiger partial charge in [-0.15, -0.1) is 0 Å². The van der Waals surface area contributed by atoms with Gasteiger partial charge in [0.2, 0.25) is 0 Å². The molecule has 0 bridgehead atoms. The number of hydrogen-bond acceptors (Lipinski definition) is 2. The summed E-state index contributed by atoms with van der Waals surface area (Å²) in [6.07, 6.45) is 1.34. The molecule has 0 spiro atoms. The molecule has 0 saturated carbocycles. The van der Waals surface area contributed by atoms with Crippen molar-refractivity contribution in [1.29, 1.82) is 0 Å². The Kier molecular flexibility index (Phi) is 2.41. The van der Waals surface area contributed by atoms with Crippen molar-refractivity contribution in [3.8, 4) is 11.3 Å². The van der Waals surface area contributed by atoms with Crippen molar-refractivity contribution < 1.29 is 9.90 Å². The van der Waals surface area contributed by atoms with E-state index in [1.807, 2.05) is 32.0 Å². The van der Waals surface area contributed by atoms with Crippen LogP contribution in [0.2, 0.25) is 0 Å². The van der Waals surface area contributed by atoms with E-state index in [0.717, 1.165) is 27.7 Å². The van der Waals surface area contributed by atoms with Crippen LogP contribution in [0.3, 0.4) is 0 Å². The highest BCUT2D eigenvalue weighted by Gasteiger charge is 2.19. The maximum Gasteiger partial charge on any atom is 0.339 e. The molecule has 3 N–H and O–H groups in total. The highest BCUT2D eigenvalue weighted by Crippen LogP contribution is 2.33. The van der Waals surface area contributed by atoms with Gasteiger partial charge in [0.25, 0.3) is 0 Å². The van der Waals surface area contributed by atoms with Crippen LogP contribution in [-0.2, 0) is 0 Å². The SMILES string of the molecule is Cc1ccc2[nH]c(C)c(-c3[nH]ncc3C(=O)O)c2c1. The Morgan fingerprint density at radius 3 is 2.84 bits per heavy atom. The maximum absolute atomic E-state index is 11.2. The molecule has 2 aromatic heterocycles. The fourth-order valence-electron chi connectivity index (χ4n) is 2.40. The van der Waals surface area contributed by atoms with Gasteiger partial charge in [-0.3, -0.25) is 5.10 Å². The molecule has 19 heavy (non-hydrogen) atoms. The molecule has 0 radical (unpaired) electrons. The zero-order valence-electron chi connectivity index (χ0n) is 10.6. The first kappa shape index (κ1) is 11.5. The zero-order chi connectivity index (χ0) is 13.6. The third kappa shape index (κ3) is 1.71. The molecule has 0 saturated heterocycles. The molecule has 0 fully saturated rings. The third-order valence-electron chi connectivity index (χ3n) is 3.26. The molecule has 0 amide bonds. The van der Waals surface area contributed by atoms with Crippen molar-refractivity contribution in [2.75, 3.05) is 0 Å². The Labute approximate surface area is 109 Å². The molecule has 5 nitrogen and oxygen atoms in total. The van der Waals surface area contributed by atoms with Gasteiger partial charge in [0.15, 0.2) is 0 Å². The third-order valence-corrected chi connectivity index (χ3v) is 3.26. The van der Waals surface area contributed by atoms with Gasteiger partial charge in [0.1, 0.15) is 5.56 Å². The molecule has 0 aliphatic heterocycles. The van der Waals surface area contributed by atoms with Gasteiger partial charge in [-0.2, -0.15) is 5.10 Å². The number of carbonyl (C=O) groups is 1. The number of hydrogen-bond donors (Lipinski definition) is 3. The molecule has 2 heterocycles. The second kappa shape index (κ2) is 3.98. The van der Waals surface area contributed by atoms with Gasteiger partial charge >= 0.3 is 5.97 Å². The van der Waals surface area contributed by atoms with Gasteiger partial charge in [0.05, 0.1) is 11.9 Å². The summed E-state index contributed by atoms with van der Waals surface area (Å²) < 4.78 is 0. The summed E-state index contributed by atoms with van der Waals surface area (Å²) in [6, 6.07) is 6.06. The van der Waals surface area contributed by atoms with E-state index in [4.69, 9.17) is 0 Å². The first-order chi connectivity index (χ1) is 9.08. The van der Waals surface area contributed by atoms with E-state index in [-0.39, 0.29) is 5.56 Å². The summed E-state index contributed by atoms with van der Waals surface area (Å²) >= 11 is 0. The lowest BCUT2D eigenvalue weighted by Crippen LogP contribution is -1.97. The maximum atomic E-state index is 11.2. The normalized spacial score (nSPS) is 11.1. The van der Waals surface area contributed by atoms with Crippen LogP contribution in [-0.4, -0.2) is 26.3 Å². The molecule has 0 atom stereocenters. The van der Waals surface area contributed by atoms with Gasteiger partial charge in [-0.25, -0.2) is 4.79 Å². The van der Waals surface area contributed by atoms with Crippen molar-refractivity contribution in [3.63, 3.8) is 0 Å². The molecular weight excluding hydrogens is 242 g/mol. The molecule has 0 unspecified atom stereocenters. The van der Waals surface area contributed by atoms with Crippen molar-refractivity contribution in [1.82, 2.24) is 15.2 Å². The fraction of sp³-hybridized carbons (Fsp3) is 0.143. The van der Waals surface area contributed by atoms with E-state index in [2.05, 4.69) is 15.2 Å². The van der Waals surface area contributed by atoms with Crippen molar-refractivity contribution in [2.24, 2.45) is 0 Å². The largest absolute Gasteiger partial charge is 0.478 e. The van der Waals surface area contributed by atoms with Crippen LogP contribution in [0.5, 0.6) is 0 Å². The van der Waals surface area contributed by atoms with E-state index in [1.54, 1.807) is 0 Å². The second-order valence-electron chi connectivity index (χ2n) is 4.64. The number of aromatic amines is 2. The standard InChI is InChI=1S/C14H13N3O2/c1-7-3-4-11-9(5-7)12(8(2)16-11)13-10(14(18)19)6-15-17-13/h3-6,16H,1-2H3,(H,15,17)(H,18,19). The first-order valence-electron chi connectivity index (χ1n) is 5.94. The van der Waals surface area contributed by atoms with E-state index in [0.29, 0.717) is 5.69 Å². The minimum Gasteiger partial charge on any atom is -0.478 e. The van der Waals surface area contributed by atoms with Crippen molar-refractivity contribution in [3.05, 3.63) is 41.2 Å². The Morgan fingerprint density at radius 2 is 2.11 bits per heavy atom. The molecule has 0 aliphatic rings. The molecular formula is C14H13N3O2. The predicted octanol–water partition coefficient (Wildman–Crippen LogP) is 2.87. The van der Waals surface area contributed by atoms with E-state index < -0.39 is 5.97 Å². The van der Waals surface area contributed by atoms with Crippen molar-refractivity contribution >= 4 is 16.9 Å². The van der Waals surface area contributed by atoms with Crippen LogP contribution in [0, 0.1) is 13.8 Å². The Hall–Kier alpha value is -2.56. The summed E-state index contributed by atoms with van der Waals surface area (Å²) in [4.78, 5) is 14.5. The van der Waals surface area contributed by atoms with Gasteiger partial charge in [0, 0.05) is 22.2 Å². The van der Waals surface area contributed by atoms with Crippen LogP contribution in [0.4, 0.5) is 0 Å². The molecule has 3 aromatic rings. The van der Waals surface area contributed by atoms with Crippen LogP contribution in [0.25, 0.3) is 22.2 Å². The number of fused-ring (bicyclic) bond motifs is 1. The molecule has 1 aromatic carbocycles. The fourth-order valence-corrected chi connectivity index (χ4v) is 2.40. The second-order valence-corrected chi connectivity index (χ2v) is 4.64. The number of nitrogens with one attached hydrogen (secondary N) is 2. The average molecular weight is 255 g/mol. The van der Waals surface area contributed by atoms with E-state index in [1.165, 1.54) is 6.20 Å². The van der Waals surface area contributed by atoms with Crippen LogP contribution in [0.15, 0.2) is 24.4 Å². The monoisotopic (exact) mass is 255 g/mol. The smallest absolute Gasteiger partial charge is 0.339 e. The topological polar surface area (TPSA) is 81.8 Å². The molecule has 96 valence electrons. The Balaban J connectivity index is 2.35. The Morgan fingerprint density at radius 1 is 1.32 bits per heavy atom. The summed E-state index contributed by atoms with van der Waals surface area (Å²) in [5.41, 5.74) is 4.64. The highest BCUT2D eigenvalue weighted by molar-refractivity contribution is 6.03. The number of rotatable bonds is 2. The number of benzene rings is 1. The summed E-state index contributed by atoms with van der Waals surface area (Å²) in [5.74, 6) is -0.981. The number of aryl methyl sites for hydroxylation is 2. The minimum atomic E-state index is -0.981. The van der Waals surface area contributed by atoms with Crippen molar-refractivity contribution in [2.45, 2.75) is 13.8 Å². The summed E-state index contributed by atoms with van der Waals surface area (Å²) in [5, 5.41) is 16.8. The minimum absolute atomic E-state index is 0.186. The van der Waals surface area contributed by atoms with Gasteiger partial charge in [-0.05, 0) is 26.0 Å². The highest BCUT2D eigenvalue weighted by atomic mass is 16.4. The van der Waals surface area contributed by atoms with Crippen LogP contribution in [0.1, 0.15) is 21.6 Å². The lowest BCUT2D eigenvalue weighted by Gasteiger charge is -2.01. The molecule has 5 heteroatoms. The van der Waals surface area contributed by atoms with Gasteiger partial charge in [-0.1, -0.05) is 11.6 Å². The van der Waals surface area contributed by atoms with Gasteiger partial charge < -0.3 is 10.1 Å². The number of aromatic nitrogens is 3. The molecule has 0 aliphatic carbocycles. The number of H-pyrrole nitrogens is 2. The number of carboxylic acid groups (broad SMARTS) is 1. The Bertz CT molecular complexity index is 783. The lowest BCUT2D eigenvalue weighted by molar-refractivity contribution is 0.0698. The number of nitrogens with zero attached hydrogens (tertiary/aromatic N) is 1. The van der Waals surface area contributed by atoms with Crippen LogP contribution >= 0.6 is 0 Å². The number of aromatic carboxylic acids is 1.